The van der Waals surface area contributed by atoms with Crippen molar-refractivity contribution in [3.63, 3.8) is 0 Å². The number of rotatable bonds is 5. The summed E-state index contributed by atoms with van der Waals surface area (Å²) in [4.78, 5) is 21.1. The van der Waals surface area contributed by atoms with Crippen LogP contribution in [0, 0.1) is 20.8 Å². The minimum atomic E-state index is -0.0295. The molecule has 2 N–H and O–H groups in total. The van der Waals surface area contributed by atoms with Crippen LogP contribution in [0.3, 0.4) is 0 Å². The zero-order chi connectivity index (χ0) is 18.7. The van der Waals surface area contributed by atoms with Gasteiger partial charge in [-0.05, 0) is 33.3 Å². The molecule has 0 bridgehead atoms. The van der Waals surface area contributed by atoms with Crippen molar-refractivity contribution in [2.24, 2.45) is 7.05 Å². The average molecular weight is 358 g/mol. The molecule has 3 rings (SSSR count). The van der Waals surface area contributed by atoms with Gasteiger partial charge < -0.3 is 15.4 Å². The molecule has 0 aliphatic carbocycles. The van der Waals surface area contributed by atoms with E-state index in [9.17, 15) is 4.79 Å². The SMILES string of the molecule is Cc1nccc(N[C@@H]2COCC[C@@H]2NC(=O)Cc2c(C)nn(C)c2C)n1. The Morgan fingerprint density at radius 2 is 2.15 bits per heavy atom. The maximum atomic E-state index is 12.6. The van der Waals surface area contributed by atoms with Crippen molar-refractivity contribution in [1.82, 2.24) is 25.1 Å². The third-order valence-corrected chi connectivity index (χ3v) is 4.81. The molecular weight excluding hydrogens is 332 g/mol. The summed E-state index contributed by atoms with van der Waals surface area (Å²) in [7, 11) is 1.89. The maximum absolute atomic E-state index is 12.6. The van der Waals surface area contributed by atoms with Gasteiger partial charge in [0.2, 0.25) is 5.91 Å². The number of ether oxygens (including phenoxy) is 1. The van der Waals surface area contributed by atoms with Crippen LogP contribution in [-0.4, -0.2) is 51.0 Å². The standard InChI is InChI=1S/C18H26N6O2/c1-11-14(12(2)24(4)23-11)9-18(25)22-15-6-8-26-10-16(15)21-17-5-7-19-13(3)20-17/h5,7,15-16H,6,8-10H2,1-4H3,(H,22,25)(H,19,20,21)/t15-,16+/m0/s1. The van der Waals surface area contributed by atoms with E-state index in [0.717, 1.165) is 29.2 Å². The number of anilines is 1. The lowest BCUT2D eigenvalue weighted by Crippen LogP contribution is -2.52. The maximum Gasteiger partial charge on any atom is 0.224 e. The van der Waals surface area contributed by atoms with Crippen LogP contribution in [0.5, 0.6) is 0 Å². The molecule has 1 fully saturated rings. The van der Waals surface area contributed by atoms with Crippen molar-refractivity contribution < 1.29 is 9.53 Å². The molecule has 2 atom stereocenters. The van der Waals surface area contributed by atoms with Crippen molar-refractivity contribution in [3.05, 3.63) is 35.0 Å². The first-order valence-corrected chi connectivity index (χ1v) is 8.86. The molecule has 2 aromatic rings. The van der Waals surface area contributed by atoms with Crippen LogP contribution in [0.25, 0.3) is 0 Å². The molecule has 1 aliphatic rings. The highest BCUT2D eigenvalue weighted by atomic mass is 16.5. The number of hydrogen-bond donors (Lipinski definition) is 2. The largest absolute Gasteiger partial charge is 0.379 e. The average Bonchev–Trinajstić information content (AvgIpc) is 2.83. The molecule has 8 nitrogen and oxygen atoms in total. The fraction of sp³-hybridized carbons (Fsp3) is 0.556. The second kappa shape index (κ2) is 7.82. The Hall–Kier alpha value is -2.48. The monoisotopic (exact) mass is 358 g/mol. The molecule has 0 radical (unpaired) electrons. The molecule has 0 spiro atoms. The van der Waals surface area contributed by atoms with Gasteiger partial charge >= 0.3 is 0 Å². The first kappa shape index (κ1) is 18.3. The van der Waals surface area contributed by atoms with Gasteiger partial charge in [0.05, 0.1) is 30.8 Å². The molecule has 2 aromatic heterocycles. The summed E-state index contributed by atoms with van der Waals surface area (Å²) >= 11 is 0. The van der Waals surface area contributed by atoms with E-state index in [4.69, 9.17) is 4.74 Å². The van der Waals surface area contributed by atoms with E-state index in [-0.39, 0.29) is 18.0 Å². The number of hydrogen-bond acceptors (Lipinski definition) is 6. The molecule has 1 amide bonds. The van der Waals surface area contributed by atoms with Crippen molar-refractivity contribution in [3.8, 4) is 0 Å². The molecule has 8 heteroatoms. The predicted molar refractivity (Wildman–Crippen MR) is 97.9 cm³/mol. The van der Waals surface area contributed by atoms with E-state index in [1.54, 1.807) is 6.20 Å². The van der Waals surface area contributed by atoms with E-state index in [1.807, 2.05) is 38.6 Å². The van der Waals surface area contributed by atoms with Gasteiger partial charge in [-0.1, -0.05) is 0 Å². The second-order valence-corrected chi connectivity index (χ2v) is 6.73. The van der Waals surface area contributed by atoms with Crippen LogP contribution in [0.4, 0.5) is 5.82 Å². The number of carbonyl (C=O) groups is 1. The highest BCUT2D eigenvalue weighted by Crippen LogP contribution is 2.16. The van der Waals surface area contributed by atoms with Crippen molar-refractivity contribution in [1.29, 1.82) is 0 Å². The summed E-state index contributed by atoms with van der Waals surface area (Å²) in [6.45, 7) is 6.93. The van der Waals surface area contributed by atoms with Gasteiger partial charge in [-0.2, -0.15) is 5.10 Å². The molecule has 0 aromatic carbocycles. The van der Waals surface area contributed by atoms with Crippen molar-refractivity contribution in [2.75, 3.05) is 18.5 Å². The first-order valence-electron chi connectivity index (χ1n) is 8.86. The zero-order valence-electron chi connectivity index (χ0n) is 15.7. The Kier molecular flexibility index (Phi) is 5.51. The number of amides is 1. The molecule has 0 saturated carbocycles. The van der Waals surface area contributed by atoms with Crippen LogP contribution in [0.1, 0.15) is 29.2 Å². The molecule has 3 heterocycles. The normalized spacial score (nSPS) is 20.0. The Labute approximate surface area is 153 Å². The van der Waals surface area contributed by atoms with E-state index in [1.165, 1.54) is 0 Å². The van der Waals surface area contributed by atoms with E-state index in [2.05, 4.69) is 25.7 Å². The van der Waals surface area contributed by atoms with Gasteiger partial charge in [0.25, 0.3) is 0 Å². The summed E-state index contributed by atoms with van der Waals surface area (Å²) in [6, 6.07) is 1.78. The minimum Gasteiger partial charge on any atom is -0.379 e. The zero-order valence-corrected chi connectivity index (χ0v) is 15.7. The van der Waals surface area contributed by atoms with Gasteiger partial charge in [0.15, 0.2) is 0 Å². The lowest BCUT2D eigenvalue weighted by molar-refractivity contribution is -0.121. The Morgan fingerprint density at radius 3 is 2.85 bits per heavy atom. The number of carbonyl (C=O) groups excluding carboxylic acids is 1. The summed E-state index contributed by atoms with van der Waals surface area (Å²) in [5, 5.41) is 10.9. The fourth-order valence-electron chi connectivity index (χ4n) is 3.27. The minimum absolute atomic E-state index is 0.00164. The molecule has 0 unspecified atom stereocenters. The molecular formula is C18H26N6O2. The molecule has 1 saturated heterocycles. The lowest BCUT2D eigenvalue weighted by atomic mass is 10.0. The third-order valence-electron chi connectivity index (χ3n) is 4.81. The summed E-state index contributed by atoms with van der Waals surface area (Å²) in [6.07, 6.45) is 2.82. The quantitative estimate of drug-likeness (QED) is 0.830. The Morgan fingerprint density at radius 1 is 1.35 bits per heavy atom. The third kappa shape index (κ3) is 4.19. The van der Waals surface area contributed by atoms with Crippen LogP contribution in [0.15, 0.2) is 12.3 Å². The topological polar surface area (TPSA) is 94.0 Å². The lowest BCUT2D eigenvalue weighted by Gasteiger charge is -2.33. The van der Waals surface area contributed by atoms with E-state index < -0.39 is 0 Å². The van der Waals surface area contributed by atoms with Gasteiger partial charge in [-0.25, -0.2) is 9.97 Å². The molecule has 140 valence electrons. The summed E-state index contributed by atoms with van der Waals surface area (Å²) < 4.78 is 7.40. The highest BCUT2D eigenvalue weighted by molar-refractivity contribution is 5.79. The summed E-state index contributed by atoms with van der Waals surface area (Å²) in [5.74, 6) is 1.45. The second-order valence-electron chi connectivity index (χ2n) is 6.73. The Bertz CT molecular complexity index is 788. The van der Waals surface area contributed by atoms with Crippen LogP contribution >= 0.6 is 0 Å². The molecule has 26 heavy (non-hydrogen) atoms. The number of nitrogens with one attached hydrogen (secondary N) is 2. The van der Waals surface area contributed by atoms with E-state index in [0.29, 0.717) is 25.5 Å². The van der Waals surface area contributed by atoms with Crippen LogP contribution in [-0.2, 0) is 23.0 Å². The fourth-order valence-corrected chi connectivity index (χ4v) is 3.27. The number of aromatic nitrogens is 4. The summed E-state index contributed by atoms with van der Waals surface area (Å²) in [5.41, 5.74) is 2.92. The van der Waals surface area contributed by atoms with Gasteiger partial charge in [0.1, 0.15) is 11.6 Å². The number of aryl methyl sites for hydroxylation is 3. The Balaban J connectivity index is 1.65. The highest BCUT2D eigenvalue weighted by Gasteiger charge is 2.28. The van der Waals surface area contributed by atoms with Crippen LogP contribution < -0.4 is 10.6 Å². The predicted octanol–water partition coefficient (Wildman–Crippen LogP) is 1.06. The smallest absolute Gasteiger partial charge is 0.224 e. The van der Waals surface area contributed by atoms with Crippen molar-refractivity contribution >= 4 is 11.7 Å². The van der Waals surface area contributed by atoms with Gasteiger partial charge in [-0.15, -0.1) is 0 Å². The van der Waals surface area contributed by atoms with Gasteiger partial charge in [-0.3, -0.25) is 9.48 Å². The molecule has 1 aliphatic heterocycles. The van der Waals surface area contributed by atoms with Crippen LogP contribution in [0.2, 0.25) is 0 Å². The van der Waals surface area contributed by atoms with E-state index >= 15 is 0 Å². The first-order chi connectivity index (χ1) is 12.4. The number of nitrogens with zero attached hydrogens (tertiary/aromatic N) is 4. The van der Waals surface area contributed by atoms with Gasteiger partial charge in [0, 0.05) is 31.1 Å². The van der Waals surface area contributed by atoms with Crippen molar-refractivity contribution in [2.45, 2.75) is 45.7 Å².